The number of methoxy groups -OCH3 is 1. The molecule has 0 saturated carbocycles. The molecule has 130 valence electrons. The summed E-state index contributed by atoms with van der Waals surface area (Å²) in [6, 6.07) is 15.9. The molecule has 0 heterocycles. The van der Waals surface area contributed by atoms with Crippen LogP contribution >= 0.6 is 0 Å². The summed E-state index contributed by atoms with van der Waals surface area (Å²) in [6.45, 7) is 0. The van der Waals surface area contributed by atoms with Gasteiger partial charge in [0, 0.05) is 0 Å². The standard InChI is InChI=1S/C21H12F4O/c1-26-21-19(24)17(22)16(18(23)20(21)25)14-8-4-7-13-9-11-5-2-3-6-12(11)10-15(13)14/h2-10H,1H3. The van der Waals surface area contributed by atoms with Crippen LogP contribution in [0.25, 0.3) is 32.7 Å². The van der Waals surface area contributed by atoms with Gasteiger partial charge in [0.1, 0.15) is 0 Å². The van der Waals surface area contributed by atoms with E-state index < -0.39 is 34.6 Å². The lowest BCUT2D eigenvalue weighted by Crippen LogP contribution is -2.04. The van der Waals surface area contributed by atoms with Gasteiger partial charge in [-0.25, -0.2) is 8.78 Å². The predicted octanol–water partition coefficient (Wildman–Crippen LogP) is 6.23. The summed E-state index contributed by atoms with van der Waals surface area (Å²) in [5.74, 6) is -7.16. The van der Waals surface area contributed by atoms with Gasteiger partial charge in [0.2, 0.25) is 11.6 Å². The van der Waals surface area contributed by atoms with Crippen LogP contribution in [0, 0.1) is 23.3 Å². The van der Waals surface area contributed by atoms with Crippen molar-refractivity contribution in [1.29, 1.82) is 0 Å². The van der Waals surface area contributed by atoms with E-state index in [0.717, 1.165) is 17.9 Å². The first kappa shape index (κ1) is 16.4. The molecule has 4 aromatic rings. The van der Waals surface area contributed by atoms with Gasteiger partial charge in [-0.05, 0) is 39.2 Å². The number of benzene rings is 4. The Morgan fingerprint density at radius 1 is 0.654 bits per heavy atom. The highest BCUT2D eigenvalue weighted by molar-refractivity contribution is 6.05. The summed E-state index contributed by atoms with van der Waals surface area (Å²) in [4.78, 5) is 0. The Morgan fingerprint density at radius 3 is 1.85 bits per heavy atom. The lowest BCUT2D eigenvalue weighted by atomic mass is 9.94. The molecule has 0 bridgehead atoms. The summed E-state index contributed by atoms with van der Waals surface area (Å²) in [6.07, 6.45) is 0. The van der Waals surface area contributed by atoms with Crippen molar-refractivity contribution in [3.05, 3.63) is 77.9 Å². The van der Waals surface area contributed by atoms with Gasteiger partial charge in [-0.1, -0.05) is 42.5 Å². The molecule has 0 amide bonds. The van der Waals surface area contributed by atoms with Crippen molar-refractivity contribution in [1.82, 2.24) is 0 Å². The molecule has 0 fully saturated rings. The fourth-order valence-electron chi connectivity index (χ4n) is 3.21. The number of halogens is 4. The molecule has 0 spiro atoms. The van der Waals surface area contributed by atoms with Gasteiger partial charge in [-0.15, -0.1) is 0 Å². The van der Waals surface area contributed by atoms with Crippen LogP contribution in [0.15, 0.2) is 54.6 Å². The molecule has 0 aromatic heterocycles. The van der Waals surface area contributed by atoms with Gasteiger partial charge in [-0.2, -0.15) is 8.78 Å². The third-order valence-corrected chi connectivity index (χ3v) is 4.44. The molecule has 0 N–H and O–H groups in total. The van der Waals surface area contributed by atoms with Crippen LogP contribution in [-0.2, 0) is 0 Å². The van der Waals surface area contributed by atoms with E-state index in [2.05, 4.69) is 4.74 Å². The highest BCUT2D eigenvalue weighted by Gasteiger charge is 2.27. The number of hydrogen-bond acceptors (Lipinski definition) is 1. The van der Waals surface area contributed by atoms with E-state index in [4.69, 9.17) is 0 Å². The summed E-state index contributed by atoms with van der Waals surface area (Å²) in [5, 5.41) is 3.00. The fourth-order valence-corrected chi connectivity index (χ4v) is 3.21. The fraction of sp³-hybridized carbons (Fsp3) is 0.0476. The smallest absolute Gasteiger partial charge is 0.204 e. The Hall–Kier alpha value is -3.08. The van der Waals surface area contributed by atoms with E-state index in [1.807, 2.05) is 30.3 Å². The summed E-state index contributed by atoms with van der Waals surface area (Å²) >= 11 is 0. The molecule has 0 atom stereocenters. The highest BCUT2D eigenvalue weighted by Crippen LogP contribution is 2.39. The minimum absolute atomic E-state index is 0.0729. The van der Waals surface area contributed by atoms with Crippen LogP contribution in [0.3, 0.4) is 0 Å². The highest BCUT2D eigenvalue weighted by atomic mass is 19.2. The zero-order valence-corrected chi connectivity index (χ0v) is 13.6. The van der Waals surface area contributed by atoms with E-state index in [1.54, 1.807) is 18.2 Å². The van der Waals surface area contributed by atoms with Crippen LogP contribution in [0.1, 0.15) is 0 Å². The van der Waals surface area contributed by atoms with Crippen LogP contribution < -0.4 is 4.74 Å². The summed E-state index contributed by atoms with van der Waals surface area (Å²) in [7, 11) is 0.949. The molecule has 1 nitrogen and oxygen atoms in total. The SMILES string of the molecule is COc1c(F)c(F)c(-c2cccc3cc4ccccc4cc23)c(F)c1F. The molecule has 26 heavy (non-hydrogen) atoms. The van der Waals surface area contributed by atoms with Gasteiger partial charge < -0.3 is 4.74 Å². The van der Waals surface area contributed by atoms with Gasteiger partial charge in [0.05, 0.1) is 12.7 Å². The average Bonchev–Trinajstić information content (AvgIpc) is 2.66. The molecule has 0 saturated heterocycles. The predicted molar refractivity (Wildman–Crippen MR) is 93.3 cm³/mol. The minimum Gasteiger partial charge on any atom is -0.491 e. The number of hydrogen-bond donors (Lipinski definition) is 0. The first-order chi connectivity index (χ1) is 12.5. The van der Waals surface area contributed by atoms with E-state index >= 15 is 0 Å². The monoisotopic (exact) mass is 356 g/mol. The second kappa shape index (κ2) is 6.02. The number of fused-ring (bicyclic) bond motifs is 2. The van der Waals surface area contributed by atoms with E-state index in [0.29, 0.717) is 10.8 Å². The Kier molecular flexibility index (Phi) is 3.80. The van der Waals surface area contributed by atoms with Crippen molar-refractivity contribution >= 4 is 21.5 Å². The first-order valence-corrected chi connectivity index (χ1v) is 7.84. The zero-order chi connectivity index (χ0) is 18.4. The van der Waals surface area contributed by atoms with E-state index in [9.17, 15) is 17.6 Å². The summed E-state index contributed by atoms with van der Waals surface area (Å²) in [5.41, 5.74) is -0.676. The topological polar surface area (TPSA) is 9.23 Å². The molecular weight excluding hydrogens is 344 g/mol. The number of ether oxygens (including phenoxy) is 1. The molecule has 4 aromatic carbocycles. The van der Waals surface area contributed by atoms with Gasteiger partial charge in [-0.3, -0.25) is 0 Å². The lowest BCUT2D eigenvalue weighted by Gasteiger charge is -2.13. The zero-order valence-electron chi connectivity index (χ0n) is 13.6. The van der Waals surface area contributed by atoms with Gasteiger partial charge in [0.15, 0.2) is 17.4 Å². The van der Waals surface area contributed by atoms with Crippen molar-refractivity contribution in [3.63, 3.8) is 0 Å². The van der Waals surface area contributed by atoms with Crippen LogP contribution in [0.5, 0.6) is 5.75 Å². The molecule has 0 unspecified atom stereocenters. The van der Waals surface area contributed by atoms with Crippen LogP contribution in [0.4, 0.5) is 17.6 Å². The second-order valence-electron chi connectivity index (χ2n) is 5.89. The first-order valence-electron chi connectivity index (χ1n) is 7.84. The van der Waals surface area contributed by atoms with Crippen molar-refractivity contribution in [2.75, 3.05) is 7.11 Å². The Balaban J connectivity index is 2.11. The second-order valence-corrected chi connectivity index (χ2v) is 5.89. The van der Waals surface area contributed by atoms with E-state index in [1.165, 1.54) is 6.07 Å². The van der Waals surface area contributed by atoms with Gasteiger partial charge in [0.25, 0.3) is 0 Å². The number of rotatable bonds is 2. The quantitative estimate of drug-likeness (QED) is 0.235. The molecule has 0 radical (unpaired) electrons. The molecular formula is C21H12F4O. The third kappa shape index (κ3) is 2.31. The normalized spacial score (nSPS) is 11.3. The average molecular weight is 356 g/mol. The Labute approximate surface area is 146 Å². The van der Waals surface area contributed by atoms with Crippen molar-refractivity contribution in [3.8, 4) is 16.9 Å². The molecule has 0 aliphatic rings. The van der Waals surface area contributed by atoms with Gasteiger partial charge >= 0.3 is 0 Å². The van der Waals surface area contributed by atoms with Crippen molar-refractivity contribution in [2.45, 2.75) is 0 Å². The summed E-state index contributed by atoms with van der Waals surface area (Å²) < 4.78 is 61.8. The third-order valence-electron chi connectivity index (χ3n) is 4.44. The molecule has 4 rings (SSSR count). The van der Waals surface area contributed by atoms with Crippen molar-refractivity contribution < 1.29 is 22.3 Å². The minimum atomic E-state index is -1.56. The molecule has 5 heteroatoms. The Bertz CT molecular complexity index is 1140. The van der Waals surface area contributed by atoms with Crippen LogP contribution in [-0.4, -0.2) is 7.11 Å². The lowest BCUT2D eigenvalue weighted by molar-refractivity contribution is 0.334. The maximum absolute atomic E-state index is 14.6. The Morgan fingerprint density at radius 2 is 1.23 bits per heavy atom. The molecule has 0 aliphatic heterocycles. The maximum atomic E-state index is 14.6. The van der Waals surface area contributed by atoms with E-state index in [-0.39, 0.29) is 5.56 Å². The van der Waals surface area contributed by atoms with Crippen molar-refractivity contribution in [2.24, 2.45) is 0 Å². The maximum Gasteiger partial charge on any atom is 0.204 e. The largest absolute Gasteiger partial charge is 0.491 e. The van der Waals surface area contributed by atoms with Crippen LogP contribution in [0.2, 0.25) is 0 Å². The molecule has 0 aliphatic carbocycles.